The summed E-state index contributed by atoms with van der Waals surface area (Å²) in [4.78, 5) is 19.2. The van der Waals surface area contributed by atoms with Crippen LogP contribution >= 0.6 is 0 Å². The van der Waals surface area contributed by atoms with Gasteiger partial charge in [-0.1, -0.05) is 0 Å². The summed E-state index contributed by atoms with van der Waals surface area (Å²) in [7, 11) is 0. The van der Waals surface area contributed by atoms with Crippen molar-refractivity contribution in [1.29, 1.82) is 0 Å². The zero-order valence-electron chi connectivity index (χ0n) is 14.1. The van der Waals surface area contributed by atoms with Gasteiger partial charge in [0.25, 0.3) is 5.91 Å². The van der Waals surface area contributed by atoms with Crippen LogP contribution in [0.1, 0.15) is 47.2 Å². The first-order valence-corrected chi connectivity index (χ1v) is 8.51. The van der Waals surface area contributed by atoms with Crippen LogP contribution in [0.2, 0.25) is 0 Å². The number of piperidine rings is 1. The fraction of sp³-hybridized carbons (Fsp3) is 0.333. The number of carbonyl (C=O) groups is 1. The van der Waals surface area contributed by atoms with Crippen molar-refractivity contribution in [3.05, 3.63) is 59.9 Å². The van der Waals surface area contributed by atoms with Crippen LogP contribution in [-0.4, -0.2) is 42.3 Å². The molecule has 1 saturated heterocycles. The summed E-state index contributed by atoms with van der Waals surface area (Å²) in [6.07, 6.45) is 6.27. The predicted octanol–water partition coefficient (Wildman–Crippen LogP) is 2.67. The lowest BCUT2D eigenvalue weighted by molar-refractivity contribution is 0.0600. The first-order valence-electron chi connectivity index (χ1n) is 8.51. The molecular formula is C18H20N6O. The smallest absolute Gasteiger partial charge is 0.254 e. The molecule has 0 unspecified atom stereocenters. The minimum Gasteiger partial charge on any atom is -0.328 e. The highest BCUT2D eigenvalue weighted by atomic mass is 16.2. The van der Waals surface area contributed by atoms with Gasteiger partial charge in [0.1, 0.15) is 12.2 Å². The van der Waals surface area contributed by atoms with E-state index >= 15 is 0 Å². The Morgan fingerprint density at radius 2 is 2.04 bits per heavy atom. The maximum Gasteiger partial charge on any atom is 0.254 e. The van der Waals surface area contributed by atoms with E-state index in [1.54, 1.807) is 6.20 Å². The van der Waals surface area contributed by atoms with Crippen molar-refractivity contribution in [1.82, 2.24) is 29.9 Å². The lowest BCUT2D eigenvalue weighted by Crippen LogP contribution is -2.39. The monoisotopic (exact) mass is 336 g/mol. The summed E-state index contributed by atoms with van der Waals surface area (Å²) in [5.74, 6) is 0.793. The van der Waals surface area contributed by atoms with E-state index in [2.05, 4.69) is 20.3 Å². The van der Waals surface area contributed by atoms with Gasteiger partial charge in [0.05, 0.1) is 11.7 Å². The summed E-state index contributed by atoms with van der Waals surface area (Å²) in [5, 5.41) is 11.1. The molecule has 1 atom stereocenters. The maximum absolute atomic E-state index is 13.0. The maximum atomic E-state index is 13.0. The van der Waals surface area contributed by atoms with E-state index in [0.29, 0.717) is 5.56 Å². The van der Waals surface area contributed by atoms with Crippen LogP contribution in [0.25, 0.3) is 5.69 Å². The molecule has 1 amide bonds. The lowest BCUT2D eigenvalue weighted by Gasteiger charge is -2.34. The molecule has 4 rings (SSSR count). The summed E-state index contributed by atoms with van der Waals surface area (Å²) < 4.78 is 1.85. The van der Waals surface area contributed by atoms with E-state index in [4.69, 9.17) is 0 Å². The number of aromatic nitrogens is 5. The number of likely N-dealkylation sites (tertiary alicyclic amines) is 1. The highest BCUT2D eigenvalue weighted by molar-refractivity contribution is 5.94. The summed E-state index contributed by atoms with van der Waals surface area (Å²) in [5.41, 5.74) is 2.69. The van der Waals surface area contributed by atoms with E-state index in [1.807, 2.05) is 46.8 Å². The SMILES string of the molecule is Cc1ccnn1-c1ccc(C(=O)N2CCCC[C@H]2c2ncn[nH]2)cc1. The van der Waals surface area contributed by atoms with Crippen LogP contribution in [0, 0.1) is 6.92 Å². The topological polar surface area (TPSA) is 79.7 Å². The van der Waals surface area contributed by atoms with Gasteiger partial charge in [0.2, 0.25) is 0 Å². The first kappa shape index (κ1) is 15.6. The molecule has 128 valence electrons. The van der Waals surface area contributed by atoms with Crippen molar-refractivity contribution in [2.45, 2.75) is 32.2 Å². The second kappa shape index (κ2) is 6.51. The Balaban J connectivity index is 1.58. The molecule has 25 heavy (non-hydrogen) atoms. The quantitative estimate of drug-likeness (QED) is 0.797. The molecule has 0 saturated carbocycles. The molecule has 7 heteroatoms. The molecule has 3 heterocycles. The van der Waals surface area contributed by atoms with Gasteiger partial charge in [-0.2, -0.15) is 10.2 Å². The second-order valence-corrected chi connectivity index (χ2v) is 6.31. The second-order valence-electron chi connectivity index (χ2n) is 6.31. The van der Waals surface area contributed by atoms with Crippen LogP contribution in [0.15, 0.2) is 42.9 Å². The Bertz CT molecular complexity index is 852. The minimum absolute atomic E-state index is 0.0308. The minimum atomic E-state index is -0.0308. The number of hydrogen-bond donors (Lipinski definition) is 1. The fourth-order valence-electron chi connectivity index (χ4n) is 3.39. The molecule has 1 aromatic carbocycles. The molecule has 0 radical (unpaired) electrons. The number of hydrogen-bond acceptors (Lipinski definition) is 4. The largest absolute Gasteiger partial charge is 0.328 e. The normalized spacial score (nSPS) is 17.6. The number of nitrogens with zero attached hydrogens (tertiary/aromatic N) is 5. The van der Waals surface area contributed by atoms with E-state index in [-0.39, 0.29) is 11.9 Å². The molecule has 2 aromatic heterocycles. The van der Waals surface area contributed by atoms with Gasteiger partial charge in [-0.05, 0) is 56.5 Å². The van der Waals surface area contributed by atoms with E-state index in [0.717, 1.165) is 43.0 Å². The van der Waals surface area contributed by atoms with Gasteiger partial charge in [0.15, 0.2) is 0 Å². The van der Waals surface area contributed by atoms with Gasteiger partial charge in [-0.15, -0.1) is 0 Å². The van der Waals surface area contributed by atoms with Crippen LogP contribution < -0.4 is 0 Å². The van der Waals surface area contributed by atoms with Crippen molar-refractivity contribution in [3.63, 3.8) is 0 Å². The summed E-state index contributed by atoms with van der Waals surface area (Å²) in [6, 6.07) is 9.52. The number of benzene rings is 1. The van der Waals surface area contributed by atoms with E-state index < -0.39 is 0 Å². The highest BCUT2D eigenvalue weighted by Gasteiger charge is 2.30. The van der Waals surface area contributed by atoms with Gasteiger partial charge < -0.3 is 4.90 Å². The Morgan fingerprint density at radius 1 is 1.20 bits per heavy atom. The number of H-pyrrole nitrogens is 1. The molecule has 3 aromatic rings. The third-order valence-electron chi connectivity index (χ3n) is 4.70. The van der Waals surface area contributed by atoms with Crippen molar-refractivity contribution in [2.24, 2.45) is 0 Å². The predicted molar refractivity (Wildman–Crippen MR) is 92.3 cm³/mol. The third-order valence-corrected chi connectivity index (χ3v) is 4.70. The van der Waals surface area contributed by atoms with Gasteiger partial charge >= 0.3 is 0 Å². The van der Waals surface area contributed by atoms with Crippen LogP contribution in [-0.2, 0) is 0 Å². The Labute approximate surface area is 145 Å². The zero-order chi connectivity index (χ0) is 17.2. The van der Waals surface area contributed by atoms with E-state index in [9.17, 15) is 4.79 Å². The van der Waals surface area contributed by atoms with Gasteiger partial charge in [-0.3, -0.25) is 9.89 Å². The average Bonchev–Trinajstić information content (AvgIpc) is 3.33. The van der Waals surface area contributed by atoms with Crippen LogP contribution in [0.5, 0.6) is 0 Å². The molecule has 1 aliphatic rings. The lowest BCUT2D eigenvalue weighted by atomic mass is 10.00. The number of carbonyl (C=O) groups excluding carboxylic acids is 1. The first-order chi connectivity index (χ1) is 12.2. The third kappa shape index (κ3) is 2.93. The number of aromatic amines is 1. The standard InChI is InChI=1S/C18H20N6O/c1-13-9-10-21-24(13)15-7-5-14(6-8-15)18(25)23-11-3-2-4-16(23)17-19-12-20-22-17/h5-10,12,16H,2-4,11H2,1H3,(H,19,20,22)/t16-/m0/s1. The highest BCUT2D eigenvalue weighted by Crippen LogP contribution is 2.30. The van der Waals surface area contributed by atoms with Crippen molar-refractivity contribution < 1.29 is 4.79 Å². The molecule has 0 aliphatic carbocycles. The average molecular weight is 336 g/mol. The Morgan fingerprint density at radius 3 is 2.72 bits per heavy atom. The van der Waals surface area contributed by atoms with Crippen molar-refractivity contribution in [2.75, 3.05) is 6.54 Å². The number of amides is 1. The molecule has 1 fully saturated rings. The molecule has 1 N–H and O–H groups in total. The number of nitrogens with one attached hydrogen (secondary N) is 1. The van der Waals surface area contributed by atoms with Crippen molar-refractivity contribution >= 4 is 5.91 Å². The molecule has 1 aliphatic heterocycles. The summed E-state index contributed by atoms with van der Waals surface area (Å²) in [6.45, 7) is 2.74. The Hall–Kier alpha value is -2.96. The fourth-order valence-corrected chi connectivity index (χ4v) is 3.39. The van der Waals surface area contributed by atoms with Gasteiger partial charge in [0, 0.05) is 24.0 Å². The Kier molecular flexibility index (Phi) is 4.05. The number of rotatable bonds is 3. The molecule has 7 nitrogen and oxygen atoms in total. The molecular weight excluding hydrogens is 316 g/mol. The molecule has 0 bridgehead atoms. The van der Waals surface area contributed by atoms with E-state index in [1.165, 1.54) is 6.33 Å². The van der Waals surface area contributed by atoms with Gasteiger partial charge in [-0.25, -0.2) is 9.67 Å². The number of aryl methyl sites for hydroxylation is 1. The van der Waals surface area contributed by atoms with Crippen molar-refractivity contribution in [3.8, 4) is 5.69 Å². The summed E-state index contributed by atoms with van der Waals surface area (Å²) >= 11 is 0. The molecule has 0 spiro atoms. The van der Waals surface area contributed by atoms with Crippen LogP contribution in [0.4, 0.5) is 0 Å². The van der Waals surface area contributed by atoms with Crippen LogP contribution in [0.3, 0.4) is 0 Å². The zero-order valence-corrected chi connectivity index (χ0v) is 14.1.